The second kappa shape index (κ2) is 10.8. The van der Waals surface area contributed by atoms with E-state index in [0.29, 0.717) is 27.6 Å². The van der Waals surface area contributed by atoms with Crippen molar-refractivity contribution >= 4 is 40.9 Å². The third kappa shape index (κ3) is 5.37. The van der Waals surface area contributed by atoms with Crippen LogP contribution in [0.3, 0.4) is 0 Å². The molecule has 0 saturated heterocycles. The van der Waals surface area contributed by atoms with Crippen LogP contribution in [0.4, 0.5) is 4.39 Å². The Kier molecular flexibility index (Phi) is 7.72. The van der Waals surface area contributed by atoms with E-state index in [0.717, 1.165) is 6.07 Å². The summed E-state index contributed by atoms with van der Waals surface area (Å²) in [4.78, 5) is 40.3. The van der Waals surface area contributed by atoms with Gasteiger partial charge in [0.1, 0.15) is 11.6 Å². The van der Waals surface area contributed by atoms with Crippen molar-refractivity contribution in [2.24, 2.45) is 0 Å². The van der Waals surface area contributed by atoms with Gasteiger partial charge in [0.25, 0.3) is 5.91 Å². The summed E-state index contributed by atoms with van der Waals surface area (Å²) < 4.78 is 23.1. The maximum Gasteiger partial charge on any atom is 0.305 e. The third-order valence-electron chi connectivity index (χ3n) is 7.63. The van der Waals surface area contributed by atoms with Crippen LogP contribution in [0.5, 0.6) is 0 Å². The van der Waals surface area contributed by atoms with Gasteiger partial charge in [-0.1, -0.05) is 47.5 Å². The van der Waals surface area contributed by atoms with Crippen molar-refractivity contribution in [3.05, 3.63) is 104 Å². The van der Waals surface area contributed by atoms with Crippen LogP contribution < -0.4 is 0 Å². The van der Waals surface area contributed by atoms with Crippen molar-refractivity contribution in [3.63, 3.8) is 0 Å². The maximum absolute atomic E-state index is 16.4. The first-order chi connectivity index (χ1) is 19.3. The Labute approximate surface area is 246 Å². The maximum atomic E-state index is 16.4. The standard InChI is InChI=1S/C31H28Cl2FNO6/c1-30(2,40)19-13-24-28(25(34)14-19)31(18-5-9-21(33)10-6-18,41-23-12-11-22(36)15-23)35(29(24)39)26(16-27(37)38)17-3-7-20(32)8-4-17/h3-10,13-14,23,26,40H,11-12,15-16H2,1-2H3,(H,37,38)/t23-,26-,31+/m0/s1. The molecule has 1 saturated carbocycles. The van der Waals surface area contributed by atoms with E-state index in [1.807, 2.05) is 0 Å². The van der Waals surface area contributed by atoms with E-state index in [1.54, 1.807) is 48.5 Å². The molecule has 0 unspecified atom stereocenters. The van der Waals surface area contributed by atoms with Crippen LogP contribution in [0.2, 0.25) is 10.0 Å². The number of aliphatic carboxylic acids is 1. The first-order valence-corrected chi connectivity index (χ1v) is 13.9. The number of ketones is 1. The van der Waals surface area contributed by atoms with Crippen molar-refractivity contribution in [3.8, 4) is 0 Å². The monoisotopic (exact) mass is 599 g/mol. The molecule has 1 amide bonds. The summed E-state index contributed by atoms with van der Waals surface area (Å²) in [5.41, 5.74) is -2.73. The van der Waals surface area contributed by atoms with Gasteiger partial charge in [-0.25, -0.2) is 4.39 Å². The van der Waals surface area contributed by atoms with Gasteiger partial charge in [-0.15, -0.1) is 0 Å². The number of aliphatic hydroxyl groups is 1. The molecular formula is C31H28Cl2FNO6. The van der Waals surface area contributed by atoms with Crippen LogP contribution in [0.1, 0.15) is 78.2 Å². The summed E-state index contributed by atoms with van der Waals surface area (Å²) in [6.45, 7) is 2.94. The highest BCUT2D eigenvalue weighted by atomic mass is 35.5. The topological polar surface area (TPSA) is 104 Å². The summed E-state index contributed by atoms with van der Waals surface area (Å²) in [6.07, 6.45) is -0.551. The number of carbonyl (C=O) groups excluding carboxylic acids is 2. The second-order valence-corrected chi connectivity index (χ2v) is 11.8. The number of carbonyl (C=O) groups is 3. The lowest BCUT2D eigenvalue weighted by Crippen LogP contribution is -2.51. The van der Waals surface area contributed by atoms with Gasteiger partial charge < -0.3 is 14.9 Å². The summed E-state index contributed by atoms with van der Waals surface area (Å²) in [5.74, 6) is -2.74. The Morgan fingerprint density at radius 2 is 1.71 bits per heavy atom. The van der Waals surface area contributed by atoms with Crippen molar-refractivity contribution in [1.82, 2.24) is 4.90 Å². The fraction of sp³-hybridized carbons (Fsp3) is 0.323. The molecule has 1 fully saturated rings. The van der Waals surface area contributed by atoms with E-state index in [1.165, 1.54) is 24.8 Å². The highest BCUT2D eigenvalue weighted by Crippen LogP contribution is 2.53. The van der Waals surface area contributed by atoms with Crippen LogP contribution in [0.25, 0.3) is 0 Å². The minimum atomic E-state index is -1.96. The predicted octanol–water partition coefficient (Wildman–Crippen LogP) is 6.37. The van der Waals surface area contributed by atoms with E-state index in [4.69, 9.17) is 27.9 Å². The number of Topliss-reactive ketones (excluding diaryl/α,β-unsaturated/α-hetero) is 1. The van der Waals surface area contributed by atoms with Gasteiger partial charge in [0, 0.05) is 28.5 Å². The number of carboxylic acid groups (broad SMARTS) is 1. The molecule has 7 nitrogen and oxygen atoms in total. The lowest BCUT2D eigenvalue weighted by atomic mass is 9.87. The molecule has 0 bridgehead atoms. The molecule has 0 spiro atoms. The largest absolute Gasteiger partial charge is 0.481 e. The van der Waals surface area contributed by atoms with E-state index >= 15 is 4.39 Å². The van der Waals surface area contributed by atoms with Crippen molar-refractivity contribution in [2.45, 2.75) is 63.0 Å². The van der Waals surface area contributed by atoms with E-state index in [-0.39, 0.29) is 35.3 Å². The second-order valence-electron chi connectivity index (χ2n) is 11.0. The molecule has 1 aliphatic heterocycles. The van der Waals surface area contributed by atoms with Gasteiger partial charge in [-0.05, 0) is 67.8 Å². The molecule has 3 atom stereocenters. The fourth-order valence-electron chi connectivity index (χ4n) is 5.70. The number of hydrogen-bond acceptors (Lipinski definition) is 5. The third-order valence-corrected chi connectivity index (χ3v) is 8.14. The molecule has 2 aliphatic rings. The molecule has 214 valence electrons. The summed E-state index contributed by atoms with van der Waals surface area (Å²) in [5, 5.41) is 21.5. The Hall–Kier alpha value is -3.30. The van der Waals surface area contributed by atoms with Crippen LogP contribution in [-0.4, -0.2) is 38.9 Å². The number of nitrogens with zero attached hydrogens (tertiary/aromatic N) is 1. The van der Waals surface area contributed by atoms with Crippen LogP contribution >= 0.6 is 23.2 Å². The minimum Gasteiger partial charge on any atom is -0.481 e. The van der Waals surface area contributed by atoms with Gasteiger partial charge in [-0.2, -0.15) is 0 Å². The van der Waals surface area contributed by atoms with Crippen molar-refractivity contribution in [1.29, 1.82) is 0 Å². The molecule has 5 rings (SSSR count). The van der Waals surface area contributed by atoms with Crippen LogP contribution in [0, 0.1) is 5.82 Å². The smallest absolute Gasteiger partial charge is 0.305 e. The van der Waals surface area contributed by atoms with E-state index in [9.17, 15) is 24.6 Å². The van der Waals surface area contributed by atoms with Gasteiger partial charge in [0.05, 0.1) is 35.3 Å². The summed E-state index contributed by atoms with van der Waals surface area (Å²) in [6, 6.07) is 14.1. The zero-order chi connectivity index (χ0) is 29.7. The molecule has 0 radical (unpaired) electrons. The zero-order valence-electron chi connectivity index (χ0n) is 22.4. The van der Waals surface area contributed by atoms with Crippen LogP contribution in [0.15, 0.2) is 60.7 Å². The molecule has 41 heavy (non-hydrogen) atoms. The Bertz CT molecular complexity index is 1520. The van der Waals surface area contributed by atoms with E-state index in [2.05, 4.69) is 0 Å². The molecular weight excluding hydrogens is 572 g/mol. The van der Waals surface area contributed by atoms with Gasteiger partial charge in [-0.3, -0.25) is 19.3 Å². The van der Waals surface area contributed by atoms with Crippen molar-refractivity contribution in [2.75, 3.05) is 0 Å². The molecule has 3 aromatic carbocycles. The zero-order valence-corrected chi connectivity index (χ0v) is 23.9. The number of benzene rings is 3. The minimum absolute atomic E-state index is 0.0324. The quantitative estimate of drug-likeness (QED) is 0.312. The number of rotatable bonds is 8. The highest BCUT2D eigenvalue weighted by Gasteiger charge is 2.58. The Morgan fingerprint density at radius 3 is 2.24 bits per heavy atom. The number of hydrogen-bond donors (Lipinski definition) is 2. The molecule has 2 N–H and O–H groups in total. The number of carboxylic acids is 1. The van der Waals surface area contributed by atoms with E-state index < -0.39 is 47.6 Å². The Balaban J connectivity index is 1.85. The number of ether oxygens (including phenoxy) is 1. The first kappa shape index (κ1) is 29.2. The highest BCUT2D eigenvalue weighted by molar-refractivity contribution is 6.30. The number of fused-ring (bicyclic) bond motifs is 1. The SMILES string of the molecule is CC(C)(O)c1cc(F)c2c(c1)C(=O)N([C@@H](CC(=O)O)c1ccc(Cl)cc1)[C@@]2(O[C@H]1CCC(=O)C1)c1ccc(Cl)cc1. The van der Waals surface area contributed by atoms with Crippen molar-refractivity contribution < 1.29 is 33.7 Å². The lowest BCUT2D eigenvalue weighted by Gasteiger charge is -2.45. The lowest BCUT2D eigenvalue weighted by molar-refractivity contribution is -0.162. The number of halogens is 3. The average Bonchev–Trinajstić information content (AvgIpc) is 3.41. The molecule has 0 aromatic heterocycles. The molecule has 1 heterocycles. The molecule has 1 aliphatic carbocycles. The average molecular weight is 600 g/mol. The normalized spacial score (nSPS) is 21.3. The predicted molar refractivity (Wildman–Crippen MR) is 150 cm³/mol. The Morgan fingerprint density at radius 1 is 1.10 bits per heavy atom. The molecule has 3 aromatic rings. The van der Waals surface area contributed by atoms with Gasteiger partial charge >= 0.3 is 5.97 Å². The fourth-order valence-corrected chi connectivity index (χ4v) is 5.95. The van der Waals surface area contributed by atoms with Gasteiger partial charge in [0.2, 0.25) is 5.72 Å². The summed E-state index contributed by atoms with van der Waals surface area (Å²) >= 11 is 12.3. The van der Waals surface area contributed by atoms with Gasteiger partial charge in [0.15, 0.2) is 0 Å². The van der Waals surface area contributed by atoms with Crippen LogP contribution in [-0.2, 0) is 25.7 Å². The first-order valence-electron chi connectivity index (χ1n) is 13.1. The summed E-state index contributed by atoms with van der Waals surface area (Å²) in [7, 11) is 0. The number of amides is 1. The molecule has 10 heteroatoms.